The van der Waals surface area contributed by atoms with Crippen LogP contribution in [0.4, 0.5) is 10.5 Å². The molecule has 0 saturated carbocycles. The molecule has 3 rings (SSSR count). The van der Waals surface area contributed by atoms with Gasteiger partial charge in [-0.25, -0.2) is 0 Å². The molecular weight excluding hydrogens is 250 g/mol. The van der Waals surface area contributed by atoms with E-state index in [1.54, 1.807) is 5.41 Å². The van der Waals surface area contributed by atoms with Gasteiger partial charge in [-0.1, -0.05) is 6.07 Å². The standard InChI is InChI=1S/C12H11N3O2S/c1-6-8-4-7(2-3-9(8)13-11(6)16)10-5-18-12(17)15-14-10/h2-6,14H,1H3,(H,13,16)(H,15,17). The molecule has 0 radical (unpaired) electrons. The molecule has 2 aliphatic rings. The van der Waals surface area contributed by atoms with Gasteiger partial charge < -0.3 is 5.32 Å². The summed E-state index contributed by atoms with van der Waals surface area (Å²) in [5, 5.41) is 4.46. The molecule has 1 aromatic carbocycles. The molecule has 0 bridgehead atoms. The molecule has 5 nitrogen and oxygen atoms in total. The van der Waals surface area contributed by atoms with E-state index >= 15 is 0 Å². The molecule has 1 unspecified atom stereocenters. The van der Waals surface area contributed by atoms with Crippen LogP contribution in [0.25, 0.3) is 5.70 Å². The largest absolute Gasteiger partial charge is 0.325 e. The first kappa shape index (κ1) is 11.2. The molecule has 0 aromatic heterocycles. The van der Waals surface area contributed by atoms with Crippen molar-refractivity contribution in [2.24, 2.45) is 0 Å². The van der Waals surface area contributed by atoms with Crippen molar-refractivity contribution in [2.45, 2.75) is 12.8 Å². The Balaban J connectivity index is 1.97. The maximum atomic E-state index is 11.6. The lowest BCUT2D eigenvalue weighted by Gasteiger charge is -2.16. The maximum absolute atomic E-state index is 11.6. The number of amides is 2. The Hall–Kier alpha value is -1.95. The number of hydrazine groups is 1. The summed E-state index contributed by atoms with van der Waals surface area (Å²) < 4.78 is 0. The fourth-order valence-electron chi connectivity index (χ4n) is 2.01. The van der Waals surface area contributed by atoms with Crippen LogP contribution in [0.2, 0.25) is 0 Å². The SMILES string of the molecule is CC1C(=O)Nc2ccc(C3=CSC(=O)NN3)cc21. The molecule has 92 valence electrons. The average molecular weight is 261 g/mol. The van der Waals surface area contributed by atoms with Crippen LogP contribution in [-0.4, -0.2) is 11.1 Å². The molecule has 6 heteroatoms. The molecule has 0 fully saturated rings. The fourth-order valence-corrected chi connectivity index (χ4v) is 2.54. The van der Waals surface area contributed by atoms with Gasteiger partial charge >= 0.3 is 5.24 Å². The van der Waals surface area contributed by atoms with Crippen LogP contribution in [0, 0.1) is 0 Å². The Bertz CT molecular complexity index is 583. The molecular formula is C12H11N3O2S. The number of anilines is 1. The Kier molecular flexibility index (Phi) is 2.52. The van der Waals surface area contributed by atoms with Crippen LogP contribution in [0.5, 0.6) is 0 Å². The topological polar surface area (TPSA) is 70.2 Å². The van der Waals surface area contributed by atoms with Gasteiger partial charge in [0.05, 0.1) is 11.6 Å². The van der Waals surface area contributed by atoms with Crippen LogP contribution in [0.3, 0.4) is 0 Å². The molecule has 2 aliphatic heterocycles. The first-order chi connectivity index (χ1) is 8.65. The Morgan fingerprint density at radius 2 is 2.06 bits per heavy atom. The van der Waals surface area contributed by atoms with Crippen LogP contribution in [-0.2, 0) is 4.79 Å². The normalized spacial score (nSPS) is 21.6. The number of carbonyl (C=O) groups is 2. The zero-order chi connectivity index (χ0) is 12.7. The quantitative estimate of drug-likeness (QED) is 0.723. The van der Waals surface area contributed by atoms with E-state index in [2.05, 4.69) is 16.2 Å². The summed E-state index contributed by atoms with van der Waals surface area (Å²) in [5.41, 5.74) is 9.01. The zero-order valence-electron chi connectivity index (χ0n) is 9.61. The number of carbonyl (C=O) groups excluding carboxylic acids is 2. The van der Waals surface area contributed by atoms with Gasteiger partial charge in [0.25, 0.3) is 0 Å². The summed E-state index contributed by atoms with van der Waals surface area (Å²) in [4.78, 5) is 22.6. The molecule has 1 atom stereocenters. The monoisotopic (exact) mass is 261 g/mol. The van der Waals surface area contributed by atoms with Crippen molar-refractivity contribution in [3.63, 3.8) is 0 Å². The first-order valence-electron chi connectivity index (χ1n) is 5.53. The van der Waals surface area contributed by atoms with E-state index in [0.717, 1.165) is 34.3 Å². The van der Waals surface area contributed by atoms with Crippen LogP contribution < -0.4 is 16.2 Å². The highest BCUT2D eigenvalue weighted by Gasteiger charge is 2.27. The van der Waals surface area contributed by atoms with E-state index in [9.17, 15) is 9.59 Å². The Morgan fingerprint density at radius 1 is 1.22 bits per heavy atom. The Morgan fingerprint density at radius 3 is 2.78 bits per heavy atom. The predicted octanol–water partition coefficient (Wildman–Crippen LogP) is 2.00. The summed E-state index contributed by atoms with van der Waals surface area (Å²) in [7, 11) is 0. The van der Waals surface area contributed by atoms with Crippen molar-refractivity contribution in [2.75, 3.05) is 5.32 Å². The second kappa shape index (κ2) is 4.06. The summed E-state index contributed by atoms with van der Waals surface area (Å²) >= 11 is 1.10. The van der Waals surface area contributed by atoms with Gasteiger partial charge in [-0.05, 0) is 36.4 Å². The van der Waals surface area contributed by atoms with E-state index in [1.165, 1.54) is 0 Å². The molecule has 2 amide bonds. The molecule has 0 saturated heterocycles. The van der Waals surface area contributed by atoms with Crippen molar-refractivity contribution < 1.29 is 9.59 Å². The molecule has 3 N–H and O–H groups in total. The van der Waals surface area contributed by atoms with Crippen LogP contribution in [0.1, 0.15) is 24.0 Å². The Labute approximate surface area is 108 Å². The number of hydrogen-bond acceptors (Lipinski definition) is 4. The molecule has 2 heterocycles. The highest BCUT2D eigenvalue weighted by molar-refractivity contribution is 8.16. The third-order valence-corrected chi connectivity index (χ3v) is 3.73. The summed E-state index contributed by atoms with van der Waals surface area (Å²) in [6.45, 7) is 1.88. The van der Waals surface area contributed by atoms with Gasteiger partial charge in [0, 0.05) is 16.7 Å². The molecule has 0 aliphatic carbocycles. The number of hydrogen-bond donors (Lipinski definition) is 3. The minimum atomic E-state index is -0.134. The second-order valence-corrected chi connectivity index (χ2v) is 5.04. The van der Waals surface area contributed by atoms with E-state index in [0.29, 0.717) is 0 Å². The van der Waals surface area contributed by atoms with E-state index < -0.39 is 0 Å². The smallest absolute Gasteiger partial charge is 0.301 e. The lowest BCUT2D eigenvalue weighted by Crippen LogP contribution is -2.35. The van der Waals surface area contributed by atoms with Gasteiger partial charge in [0.1, 0.15) is 0 Å². The number of fused-ring (bicyclic) bond motifs is 1. The highest BCUT2D eigenvalue weighted by atomic mass is 32.2. The van der Waals surface area contributed by atoms with Gasteiger partial charge in [-0.3, -0.25) is 20.4 Å². The molecule has 1 aromatic rings. The second-order valence-electron chi connectivity index (χ2n) is 4.20. The lowest BCUT2D eigenvalue weighted by molar-refractivity contribution is -0.116. The van der Waals surface area contributed by atoms with Gasteiger partial charge in [-0.15, -0.1) is 0 Å². The van der Waals surface area contributed by atoms with Gasteiger partial charge in [-0.2, -0.15) is 0 Å². The zero-order valence-corrected chi connectivity index (χ0v) is 10.4. The van der Waals surface area contributed by atoms with Crippen molar-refractivity contribution in [1.29, 1.82) is 0 Å². The summed E-state index contributed by atoms with van der Waals surface area (Å²) in [6.07, 6.45) is 0. The lowest BCUT2D eigenvalue weighted by atomic mass is 10.00. The van der Waals surface area contributed by atoms with E-state index in [-0.39, 0.29) is 17.1 Å². The van der Waals surface area contributed by atoms with Crippen molar-refractivity contribution >= 4 is 34.3 Å². The van der Waals surface area contributed by atoms with Crippen molar-refractivity contribution in [3.8, 4) is 0 Å². The summed E-state index contributed by atoms with van der Waals surface area (Å²) in [5.74, 6) is -0.109. The number of rotatable bonds is 1. The van der Waals surface area contributed by atoms with E-state index in [4.69, 9.17) is 0 Å². The van der Waals surface area contributed by atoms with Crippen LogP contribution in [0.15, 0.2) is 23.6 Å². The minimum absolute atomic E-state index is 0.0235. The third-order valence-electron chi connectivity index (χ3n) is 3.06. The van der Waals surface area contributed by atoms with Gasteiger partial charge in [0.15, 0.2) is 0 Å². The number of thioether (sulfide) groups is 1. The molecule has 0 spiro atoms. The fraction of sp³-hybridized carbons (Fsp3) is 0.167. The third kappa shape index (κ3) is 1.74. The molecule has 18 heavy (non-hydrogen) atoms. The highest BCUT2D eigenvalue weighted by Crippen LogP contribution is 2.34. The van der Waals surface area contributed by atoms with E-state index in [1.807, 2.05) is 25.1 Å². The van der Waals surface area contributed by atoms with Crippen LogP contribution >= 0.6 is 11.8 Å². The van der Waals surface area contributed by atoms with Crippen molar-refractivity contribution in [1.82, 2.24) is 10.9 Å². The average Bonchev–Trinajstić information content (AvgIpc) is 2.66. The van der Waals surface area contributed by atoms with Crippen molar-refractivity contribution in [3.05, 3.63) is 34.7 Å². The predicted molar refractivity (Wildman–Crippen MR) is 70.7 cm³/mol. The number of nitrogens with one attached hydrogen (secondary N) is 3. The van der Waals surface area contributed by atoms with Gasteiger partial charge in [0.2, 0.25) is 5.91 Å². The number of benzene rings is 1. The first-order valence-corrected chi connectivity index (χ1v) is 6.41. The summed E-state index contributed by atoms with van der Waals surface area (Å²) in [6, 6.07) is 5.76. The minimum Gasteiger partial charge on any atom is -0.325 e. The maximum Gasteiger partial charge on any atom is 0.301 e.